The lowest BCUT2D eigenvalue weighted by Crippen LogP contribution is -2.09. The van der Waals surface area contributed by atoms with Crippen molar-refractivity contribution in [2.45, 2.75) is 51.9 Å². The molecule has 0 aliphatic heterocycles. The summed E-state index contributed by atoms with van der Waals surface area (Å²) in [7, 11) is 0. The summed E-state index contributed by atoms with van der Waals surface area (Å²) < 4.78 is 0. The van der Waals surface area contributed by atoms with E-state index in [9.17, 15) is 0 Å². The lowest BCUT2D eigenvalue weighted by Gasteiger charge is -2.20. The first-order chi connectivity index (χ1) is 9.79. The third kappa shape index (κ3) is 3.50. The Labute approximate surface area is 121 Å². The number of aromatic amines is 1. The summed E-state index contributed by atoms with van der Waals surface area (Å²) >= 11 is 0. The minimum atomic E-state index is 0.860. The normalized spacial score (nSPS) is 16.4. The SMILES string of the molecule is Cc1ccc(Cc2cc(CC3CCCCC3)n[nH]2)cc1. The van der Waals surface area contributed by atoms with Crippen LogP contribution in [-0.4, -0.2) is 10.2 Å². The lowest BCUT2D eigenvalue weighted by atomic mass is 9.86. The monoisotopic (exact) mass is 268 g/mol. The summed E-state index contributed by atoms with van der Waals surface area (Å²) in [5.41, 5.74) is 5.15. The standard InChI is InChI=1S/C18H24N2/c1-14-7-9-16(10-8-14)12-18-13-17(19-20-18)11-15-5-3-2-4-6-15/h7-10,13,15H,2-6,11-12H2,1H3,(H,19,20). The van der Waals surface area contributed by atoms with Gasteiger partial charge in [-0.25, -0.2) is 0 Å². The number of benzene rings is 1. The van der Waals surface area contributed by atoms with Crippen LogP contribution >= 0.6 is 0 Å². The first-order valence-electron chi connectivity index (χ1n) is 7.88. The van der Waals surface area contributed by atoms with Gasteiger partial charge in [-0.2, -0.15) is 5.10 Å². The molecule has 1 N–H and O–H groups in total. The molecular formula is C18H24N2. The third-order valence-corrected chi connectivity index (χ3v) is 4.42. The first-order valence-corrected chi connectivity index (χ1v) is 7.88. The first kappa shape index (κ1) is 13.4. The second-order valence-electron chi connectivity index (χ2n) is 6.26. The molecule has 1 aliphatic rings. The molecular weight excluding hydrogens is 244 g/mol. The predicted octanol–water partition coefficient (Wildman–Crippen LogP) is 4.43. The molecule has 0 amide bonds. The highest BCUT2D eigenvalue weighted by molar-refractivity contribution is 5.26. The van der Waals surface area contributed by atoms with Crippen molar-refractivity contribution in [1.29, 1.82) is 0 Å². The summed E-state index contributed by atoms with van der Waals surface area (Å²) in [4.78, 5) is 0. The Morgan fingerprint density at radius 1 is 1.10 bits per heavy atom. The molecule has 106 valence electrons. The Kier molecular flexibility index (Phi) is 4.19. The van der Waals surface area contributed by atoms with Crippen molar-refractivity contribution in [2.24, 2.45) is 5.92 Å². The minimum absolute atomic E-state index is 0.860. The Balaban J connectivity index is 1.60. The molecule has 0 unspecified atom stereocenters. The van der Waals surface area contributed by atoms with E-state index in [0.717, 1.165) is 18.8 Å². The van der Waals surface area contributed by atoms with E-state index in [2.05, 4.69) is 47.5 Å². The van der Waals surface area contributed by atoms with Gasteiger partial charge in [-0.1, -0.05) is 61.9 Å². The molecule has 0 saturated heterocycles. The number of aromatic nitrogens is 2. The van der Waals surface area contributed by atoms with Crippen LogP contribution in [0, 0.1) is 12.8 Å². The fourth-order valence-electron chi connectivity index (χ4n) is 3.22. The lowest BCUT2D eigenvalue weighted by molar-refractivity contribution is 0.354. The number of nitrogens with one attached hydrogen (secondary N) is 1. The number of aryl methyl sites for hydroxylation is 1. The van der Waals surface area contributed by atoms with Crippen molar-refractivity contribution in [3.05, 3.63) is 52.8 Å². The Hall–Kier alpha value is -1.57. The largest absolute Gasteiger partial charge is 0.282 e. The molecule has 0 atom stereocenters. The van der Waals surface area contributed by atoms with Crippen molar-refractivity contribution in [2.75, 3.05) is 0 Å². The van der Waals surface area contributed by atoms with E-state index < -0.39 is 0 Å². The molecule has 20 heavy (non-hydrogen) atoms. The van der Waals surface area contributed by atoms with E-state index >= 15 is 0 Å². The van der Waals surface area contributed by atoms with Crippen LogP contribution in [0.2, 0.25) is 0 Å². The molecule has 2 aromatic rings. The van der Waals surface area contributed by atoms with Gasteiger partial charge in [-0.05, 0) is 30.9 Å². The molecule has 1 fully saturated rings. The molecule has 0 spiro atoms. The minimum Gasteiger partial charge on any atom is -0.282 e. The van der Waals surface area contributed by atoms with Crippen LogP contribution < -0.4 is 0 Å². The van der Waals surface area contributed by atoms with E-state index in [1.807, 2.05) is 0 Å². The number of hydrogen-bond acceptors (Lipinski definition) is 1. The van der Waals surface area contributed by atoms with Crippen LogP contribution in [0.15, 0.2) is 30.3 Å². The average molecular weight is 268 g/mol. The van der Waals surface area contributed by atoms with E-state index in [-0.39, 0.29) is 0 Å². The Morgan fingerprint density at radius 2 is 1.85 bits per heavy atom. The van der Waals surface area contributed by atoms with E-state index in [1.165, 1.54) is 54.6 Å². The number of rotatable bonds is 4. The average Bonchev–Trinajstić information content (AvgIpc) is 2.90. The zero-order valence-electron chi connectivity index (χ0n) is 12.4. The van der Waals surface area contributed by atoms with Crippen molar-refractivity contribution in [3.63, 3.8) is 0 Å². The van der Waals surface area contributed by atoms with Crippen LogP contribution in [0.1, 0.15) is 54.6 Å². The summed E-state index contributed by atoms with van der Waals surface area (Å²) in [5.74, 6) is 0.860. The third-order valence-electron chi connectivity index (χ3n) is 4.42. The van der Waals surface area contributed by atoms with E-state index in [0.29, 0.717) is 0 Å². The van der Waals surface area contributed by atoms with Gasteiger partial charge in [0.2, 0.25) is 0 Å². The second-order valence-corrected chi connectivity index (χ2v) is 6.26. The van der Waals surface area contributed by atoms with Crippen LogP contribution in [0.4, 0.5) is 0 Å². The predicted molar refractivity (Wildman–Crippen MR) is 82.9 cm³/mol. The van der Waals surface area contributed by atoms with Crippen LogP contribution in [0.3, 0.4) is 0 Å². The van der Waals surface area contributed by atoms with Crippen molar-refractivity contribution in [1.82, 2.24) is 10.2 Å². The Bertz CT molecular complexity index is 533. The smallest absolute Gasteiger partial charge is 0.0627 e. The topological polar surface area (TPSA) is 28.7 Å². The van der Waals surface area contributed by atoms with Gasteiger partial charge >= 0.3 is 0 Å². The highest BCUT2D eigenvalue weighted by Crippen LogP contribution is 2.26. The highest BCUT2D eigenvalue weighted by atomic mass is 15.1. The number of H-pyrrole nitrogens is 1. The fourth-order valence-corrected chi connectivity index (χ4v) is 3.22. The maximum Gasteiger partial charge on any atom is 0.0627 e. The Morgan fingerprint density at radius 3 is 2.60 bits per heavy atom. The summed E-state index contributed by atoms with van der Waals surface area (Å²) in [6.45, 7) is 2.13. The molecule has 0 radical (unpaired) electrons. The van der Waals surface area contributed by atoms with Gasteiger partial charge in [0.15, 0.2) is 0 Å². The molecule has 1 aliphatic carbocycles. The molecule has 2 nitrogen and oxygen atoms in total. The molecule has 1 saturated carbocycles. The van der Waals surface area contributed by atoms with E-state index in [1.54, 1.807) is 0 Å². The summed E-state index contributed by atoms with van der Waals surface area (Å²) in [6.07, 6.45) is 9.13. The van der Waals surface area contributed by atoms with Gasteiger partial charge in [0.25, 0.3) is 0 Å². The van der Waals surface area contributed by atoms with Gasteiger partial charge < -0.3 is 0 Å². The van der Waals surface area contributed by atoms with E-state index in [4.69, 9.17) is 0 Å². The number of nitrogens with zero attached hydrogens (tertiary/aromatic N) is 1. The quantitative estimate of drug-likeness (QED) is 0.873. The fraction of sp³-hybridized carbons (Fsp3) is 0.500. The van der Waals surface area contributed by atoms with Gasteiger partial charge in [-0.15, -0.1) is 0 Å². The van der Waals surface area contributed by atoms with Crippen molar-refractivity contribution >= 4 is 0 Å². The van der Waals surface area contributed by atoms with Crippen LogP contribution in [-0.2, 0) is 12.8 Å². The zero-order valence-corrected chi connectivity index (χ0v) is 12.4. The van der Waals surface area contributed by atoms with Crippen LogP contribution in [0.5, 0.6) is 0 Å². The molecule has 0 bridgehead atoms. The van der Waals surface area contributed by atoms with Crippen molar-refractivity contribution in [3.8, 4) is 0 Å². The van der Waals surface area contributed by atoms with Gasteiger partial charge in [0.1, 0.15) is 0 Å². The number of hydrogen-bond donors (Lipinski definition) is 1. The maximum absolute atomic E-state index is 4.50. The molecule has 2 heteroatoms. The molecule has 1 aromatic carbocycles. The van der Waals surface area contributed by atoms with Gasteiger partial charge in [0.05, 0.1) is 5.69 Å². The molecule has 1 aromatic heterocycles. The summed E-state index contributed by atoms with van der Waals surface area (Å²) in [6, 6.07) is 11.0. The highest BCUT2D eigenvalue weighted by Gasteiger charge is 2.15. The zero-order chi connectivity index (χ0) is 13.8. The van der Waals surface area contributed by atoms with Gasteiger partial charge in [-0.3, -0.25) is 5.10 Å². The molecule has 3 rings (SSSR count). The summed E-state index contributed by atoms with van der Waals surface area (Å²) in [5, 5.41) is 7.71. The van der Waals surface area contributed by atoms with Gasteiger partial charge in [0, 0.05) is 12.1 Å². The maximum atomic E-state index is 4.50. The second kappa shape index (κ2) is 6.25. The van der Waals surface area contributed by atoms with Crippen molar-refractivity contribution < 1.29 is 0 Å². The molecule has 1 heterocycles. The van der Waals surface area contributed by atoms with Crippen LogP contribution in [0.25, 0.3) is 0 Å².